The molecule has 3 fully saturated rings. The number of rotatable bonds is 5. The van der Waals surface area contributed by atoms with Gasteiger partial charge in [-0.15, -0.1) is 0 Å². The van der Waals surface area contributed by atoms with E-state index < -0.39 is 36.3 Å². The van der Waals surface area contributed by atoms with Crippen LogP contribution < -0.4 is 19.7 Å². The maximum atomic E-state index is 17.4. The van der Waals surface area contributed by atoms with E-state index in [9.17, 15) is 22.8 Å². The molecule has 3 saturated heterocycles. The minimum atomic E-state index is -4.64. The number of nitrogens with one attached hydrogen (secondary N) is 1. The lowest BCUT2D eigenvalue weighted by Gasteiger charge is -2.41. The second kappa shape index (κ2) is 14.3. The van der Waals surface area contributed by atoms with Gasteiger partial charge in [0.2, 0.25) is 0 Å². The third-order valence-electron chi connectivity index (χ3n) is 11.4. The van der Waals surface area contributed by atoms with Crippen molar-refractivity contribution in [2.24, 2.45) is 0 Å². The van der Waals surface area contributed by atoms with E-state index in [1.807, 2.05) is 17.9 Å². The molecule has 55 heavy (non-hydrogen) atoms. The van der Waals surface area contributed by atoms with Gasteiger partial charge in [-0.3, -0.25) is 9.88 Å². The number of benzene rings is 2. The van der Waals surface area contributed by atoms with Gasteiger partial charge in [0.05, 0.1) is 23.1 Å². The van der Waals surface area contributed by atoms with Crippen LogP contribution in [-0.2, 0) is 11.2 Å². The lowest BCUT2D eigenvalue weighted by Crippen LogP contribution is -2.57. The number of halogens is 4. The molecule has 2 aromatic heterocycles. The maximum Gasteiger partial charge on any atom is 0.415 e. The molecule has 5 aliphatic heterocycles. The Hall–Kier alpha value is -4.99. The molecular weight excluding hydrogens is 722 g/mol. The zero-order chi connectivity index (χ0) is 38.5. The molecule has 2 aromatic carbocycles. The standard InChI is InChI=1S/C39H43F4N7O5/c1-37-11-5-14-49(21-37)33-28-20-44-31(30(40)32(28)45-34(46-33)54-23-38-12-6-15-50(38)16-7-13-38)27-19-26(55-36(52)48(2)22-39(41,42)43)18-25-9-3-8-24(29(25)27)10-4-17-53-35(51)47-37/h3,8-9,18-20H,4-7,10-17,21-23H2,1-2H3,(H,47,51). The summed E-state index contributed by atoms with van der Waals surface area (Å²) in [5.41, 5.74) is 0.0919. The number of fused-ring (bicyclic) bond motifs is 7. The van der Waals surface area contributed by atoms with Crippen LogP contribution in [0.3, 0.4) is 0 Å². The van der Waals surface area contributed by atoms with Gasteiger partial charge >= 0.3 is 24.4 Å². The number of alkyl halides is 3. The van der Waals surface area contributed by atoms with Crippen LogP contribution in [-0.4, -0.2) is 107 Å². The molecule has 16 heteroatoms. The summed E-state index contributed by atoms with van der Waals surface area (Å²) in [5.74, 6) is -0.443. The normalized spacial score (nSPS) is 21.3. The Labute approximate surface area is 315 Å². The lowest BCUT2D eigenvalue weighted by molar-refractivity contribution is -0.139. The summed E-state index contributed by atoms with van der Waals surface area (Å²) in [6, 6.07) is 8.31. The van der Waals surface area contributed by atoms with Crippen molar-refractivity contribution < 1.29 is 41.4 Å². The van der Waals surface area contributed by atoms with Crippen molar-refractivity contribution in [3.8, 4) is 23.0 Å². The van der Waals surface area contributed by atoms with Gasteiger partial charge in [-0.25, -0.2) is 14.0 Å². The summed E-state index contributed by atoms with van der Waals surface area (Å²) in [6.45, 7) is 3.84. The number of amides is 2. The number of pyridine rings is 1. The molecule has 5 aliphatic rings. The molecule has 1 unspecified atom stereocenters. The van der Waals surface area contributed by atoms with Gasteiger partial charge in [0.25, 0.3) is 0 Å². The fourth-order valence-corrected chi connectivity index (χ4v) is 8.85. The molecule has 4 aromatic rings. The van der Waals surface area contributed by atoms with E-state index in [4.69, 9.17) is 19.2 Å². The number of piperidine rings is 1. The van der Waals surface area contributed by atoms with E-state index in [-0.39, 0.29) is 40.7 Å². The third-order valence-corrected chi connectivity index (χ3v) is 11.4. The minimum absolute atomic E-state index is 0.0187. The monoisotopic (exact) mass is 765 g/mol. The quantitative estimate of drug-likeness (QED) is 0.212. The van der Waals surface area contributed by atoms with Gasteiger partial charge in [-0.1, -0.05) is 18.2 Å². The second-order valence-electron chi connectivity index (χ2n) is 15.5. The first-order valence-electron chi connectivity index (χ1n) is 18.8. The van der Waals surface area contributed by atoms with Crippen molar-refractivity contribution in [2.75, 3.05) is 57.9 Å². The highest BCUT2D eigenvalue weighted by Crippen LogP contribution is 2.42. The van der Waals surface area contributed by atoms with Gasteiger partial charge in [0.15, 0.2) is 5.82 Å². The van der Waals surface area contributed by atoms with Gasteiger partial charge < -0.3 is 29.3 Å². The van der Waals surface area contributed by atoms with Gasteiger partial charge in [0.1, 0.15) is 35.9 Å². The van der Waals surface area contributed by atoms with E-state index in [0.29, 0.717) is 72.3 Å². The summed E-state index contributed by atoms with van der Waals surface area (Å²) < 4.78 is 74.2. The van der Waals surface area contributed by atoms with Gasteiger partial charge in [-0.05, 0) is 99.8 Å². The summed E-state index contributed by atoms with van der Waals surface area (Å²) >= 11 is 0. The number of hydrogen-bond acceptors (Lipinski definition) is 10. The number of carbonyl (C=O) groups is 2. The third kappa shape index (κ3) is 7.40. The average molecular weight is 766 g/mol. The Bertz CT molecular complexity index is 2140. The first kappa shape index (κ1) is 37.0. The Morgan fingerprint density at radius 1 is 1.07 bits per heavy atom. The van der Waals surface area contributed by atoms with Crippen molar-refractivity contribution in [1.29, 1.82) is 0 Å². The molecule has 6 bridgehead atoms. The number of anilines is 1. The smallest absolute Gasteiger partial charge is 0.415 e. The van der Waals surface area contributed by atoms with Crippen molar-refractivity contribution >= 4 is 39.7 Å². The molecule has 12 nitrogen and oxygen atoms in total. The van der Waals surface area contributed by atoms with E-state index in [1.54, 1.807) is 12.1 Å². The first-order valence-corrected chi connectivity index (χ1v) is 18.8. The zero-order valence-corrected chi connectivity index (χ0v) is 30.8. The van der Waals surface area contributed by atoms with Crippen LogP contribution in [0.15, 0.2) is 36.5 Å². The fourth-order valence-electron chi connectivity index (χ4n) is 8.85. The van der Waals surface area contributed by atoms with Crippen LogP contribution in [0, 0.1) is 5.82 Å². The molecule has 1 N–H and O–H groups in total. The summed E-state index contributed by atoms with van der Waals surface area (Å²) in [4.78, 5) is 44.9. The fraction of sp³-hybridized carbons (Fsp3) is 0.513. The number of aromatic nitrogens is 3. The predicted octanol–water partition coefficient (Wildman–Crippen LogP) is 7.02. The second-order valence-corrected chi connectivity index (χ2v) is 15.5. The molecule has 0 aliphatic carbocycles. The Kier molecular flexibility index (Phi) is 9.58. The van der Waals surface area contributed by atoms with Crippen molar-refractivity contribution in [2.45, 2.75) is 75.5 Å². The summed E-state index contributed by atoms with van der Waals surface area (Å²) in [7, 11) is 0.984. The van der Waals surface area contributed by atoms with Crippen molar-refractivity contribution in [3.63, 3.8) is 0 Å². The predicted molar refractivity (Wildman–Crippen MR) is 196 cm³/mol. The first-order chi connectivity index (χ1) is 26.3. The molecule has 2 amide bonds. The van der Waals surface area contributed by atoms with E-state index >= 15 is 4.39 Å². The van der Waals surface area contributed by atoms with E-state index in [1.165, 1.54) is 18.3 Å². The van der Waals surface area contributed by atoms with E-state index in [2.05, 4.69) is 20.2 Å². The Morgan fingerprint density at radius 2 is 1.85 bits per heavy atom. The van der Waals surface area contributed by atoms with Crippen LogP contribution >= 0.6 is 0 Å². The number of alkyl carbamates (subject to hydrolysis) is 1. The molecule has 9 rings (SSSR count). The molecular formula is C39H43F4N7O5. The van der Waals surface area contributed by atoms with Crippen LogP contribution in [0.5, 0.6) is 11.8 Å². The highest BCUT2D eigenvalue weighted by Gasteiger charge is 2.45. The van der Waals surface area contributed by atoms with Crippen molar-refractivity contribution in [3.05, 3.63) is 47.9 Å². The van der Waals surface area contributed by atoms with E-state index in [0.717, 1.165) is 51.4 Å². The van der Waals surface area contributed by atoms with Crippen molar-refractivity contribution in [1.82, 2.24) is 30.1 Å². The lowest BCUT2D eigenvalue weighted by atomic mass is 9.91. The van der Waals surface area contributed by atoms with Crippen LogP contribution in [0.1, 0.15) is 57.4 Å². The number of carbonyl (C=O) groups excluding carboxylic acids is 2. The van der Waals surface area contributed by atoms with Crippen LogP contribution in [0.2, 0.25) is 0 Å². The summed E-state index contributed by atoms with van der Waals surface area (Å²) in [5, 5.41) is 4.52. The highest BCUT2D eigenvalue weighted by atomic mass is 19.4. The minimum Gasteiger partial charge on any atom is -0.461 e. The number of hydrogen-bond donors (Lipinski definition) is 1. The largest absolute Gasteiger partial charge is 0.461 e. The highest BCUT2D eigenvalue weighted by molar-refractivity contribution is 6.02. The summed E-state index contributed by atoms with van der Waals surface area (Å²) in [6.07, 6.45) is 1.49. The number of aryl methyl sites for hydroxylation is 1. The molecule has 7 heterocycles. The molecule has 292 valence electrons. The Morgan fingerprint density at radius 3 is 2.64 bits per heavy atom. The SMILES string of the molecule is CN(CC(F)(F)F)C(=O)Oc1cc2c3c(cccc3c1)CCCOC(=O)NC1(C)CCCN(C1)c1nc(OCC34CCCN3CCC4)nc3c(F)c-2ncc13. The zero-order valence-electron chi connectivity index (χ0n) is 30.8. The number of nitrogens with zero attached hydrogens (tertiary/aromatic N) is 6. The average Bonchev–Trinajstić information content (AvgIpc) is 3.72. The topological polar surface area (TPSA) is 122 Å². The molecule has 0 saturated carbocycles. The van der Waals surface area contributed by atoms with Gasteiger partial charge in [-0.2, -0.15) is 23.1 Å². The van der Waals surface area contributed by atoms with Gasteiger partial charge in [0, 0.05) is 31.9 Å². The number of ether oxygens (including phenoxy) is 3. The Balaban J connectivity index is 1.28. The van der Waals surface area contributed by atoms with Crippen LogP contribution in [0.25, 0.3) is 32.9 Å². The maximum absolute atomic E-state index is 17.4. The molecule has 1 atom stereocenters. The van der Waals surface area contributed by atoms with Crippen LogP contribution in [0.4, 0.5) is 33.0 Å². The molecule has 0 radical (unpaired) electrons. The molecule has 0 spiro atoms.